The smallest absolute Gasteiger partial charge is 0.415 e. The molecule has 1 amide bonds. The summed E-state index contributed by atoms with van der Waals surface area (Å²) in [6.45, 7) is 0.0751. The maximum absolute atomic E-state index is 11.5. The number of benzene rings is 1. The lowest BCUT2D eigenvalue weighted by Gasteiger charge is -2.07. The van der Waals surface area contributed by atoms with Crippen LogP contribution in [-0.2, 0) is 25.7 Å². The number of amides is 1. The van der Waals surface area contributed by atoms with Gasteiger partial charge in [-0.1, -0.05) is 23.7 Å². The second-order valence-electron chi connectivity index (χ2n) is 3.90. The summed E-state index contributed by atoms with van der Waals surface area (Å²) in [6, 6.07) is 5.84. The summed E-state index contributed by atoms with van der Waals surface area (Å²) in [6.07, 6.45) is -1.10. The fraction of sp³-hybridized carbons (Fsp3) is 0.250. The molecule has 1 aliphatic rings. The zero-order valence-electron chi connectivity index (χ0n) is 9.72. The molecule has 0 saturated carbocycles. The number of halogens is 1. The lowest BCUT2D eigenvalue weighted by Crippen LogP contribution is -2.31. The molecule has 1 unspecified atom stereocenters. The van der Waals surface area contributed by atoms with Gasteiger partial charge >= 0.3 is 18.0 Å². The van der Waals surface area contributed by atoms with Crippen LogP contribution in [0.15, 0.2) is 24.3 Å². The van der Waals surface area contributed by atoms with Crippen LogP contribution >= 0.6 is 11.6 Å². The van der Waals surface area contributed by atoms with Crippen LogP contribution < -0.4 is 5.32 Å². The normalized spacial score (nSPS) is 17.8. The highest BCUT2D eigenvalue weighted by molar-refractivity contribution is 6.30. The molecule has 0 radical (unpaired) electrons. The summed E-state index contributed by atoms with van der Waals surface area (Å²) in [5.41, 5.74) is 0.774. The SMILES string of the molecule is O=C(CC1NC(=O)OC1=O)OCc1ccc(Cl)cc1. The van der Waals surface area contributed by atoms with Crippen LogP contribution in [0, 0.1) is 0 Å². The highest BCUT2D eigenvalue weighted by atomic mass is 35.5. The minimum Gasteiger partial charge on any atom is -0.461 e. The molecule has 1 aliphatic heterocycles. The summed E-state index contributed by atoms with van der Waals surface area (Å²) >= 11 is 5.72. The maximum Gasteiger partial charge on any atom is 0.415 e. The molecule has 1 N–H and O–H groups in total. The first-order valence-corrected chi connectivity index (χ1v) is 5.84. The van der Waals surface area contributed by atoms with Crippen molar-refractivity contribution in [1.29, 1.82) is 0 Å². The first-order chi connectivity index (χ1) is 9.04. The van der Waals surface area contributed by atoms with E-state index in [-0.39, 0.29) is 13.0 Å². The van der Waals surface area contributed by atoms with E-state index >= 15 is 0 Å². The number of esters is 2. The third-order valence-corrected chi connectivity index (χ3v) is 2.71. The van der Waals surface area contributed by atoms with Gasteiger partial charge in [0, 0.05) is 5.02 Å². The summed E-state index contributed by atoms with van der Waals surface area (Å²) < 4.78 is 9.21. The summed E-state index contributed by atoms with van der Waals surface area (Å²) in [7, 11) is 0. The lowest BCUT2D eigenvalue weighted by atomic mass is 10.2. The Morgan fingerprint density at radius 2 is 2.00 bits per heavy atom. The number of nitrogens with one attached hydrogen (secondary N) is 1. The standard InChI is InChI=1S/C12H10ClNO5/c13-8-3-1-7(2-4-8)6-18-10(15)5-9-11(16)19-12(17)14-9/h1-4,9H,5-6H2,(H,14,17). The topological polar surface area (TPSA) is 81.7 Å². The quantitative estimate of drug-likeness (QED) is 0.667. The van der Waals surface area contributed by atoms with Gasteiger partial charge in [0.2, 0.25) is 0 Å². The van der Waals surface area contributed by atoms with Gasteiger partial charge in [0.1, 0.15) is 12.6 Å². The van der Waals surface area contributed by atoms with E-state index in [4.69, 9.17) is 16.3 Å². The maximum atomic E-state index is 11.5. The molecule has 0 spiro atoms. The van der Waals surface area contributed by atoms with Crippen LogP contribution in [0.25, 0.3) is 0 Å². The average Bonchev–Trinajstić information content (AvgIpc) is 2.67. The van der Waals surface area contributed by atoms with Gasteiger partial charge in [-0.3, -0.25) is 4.79 Å². The molecule has 7 heteroatoms. The first kappa shape index (κ1) is 13.4. The fourth-order valence-electron chi connectivity index (χ4n) is 1.50. The van der Waals surface area contributed by atoms with Crippen LogP contribution in [0.5, 0.6) is 0 Å². The Kier molecular flexibility index (Phi) is 4.01. The number of rotatable bonds is 4. The molecule has 2 rings (SSSR count). The van der Waals surface area contributed by atoms with Crippen molar-refractivity contribution in [2.24, 2.45) is 0 Å². The molecular formula is C12H10ClNO5. The highest BCUT2D eigenvalue weighted by Gasteiger charge is 2.34. The van der Waals surface area contributed by atoms with E-state index in [1.807, 2.05) is 0 Å². The van der Waals surface area contributed by atoms with Gasteiger partial charge in [-0.15, -0.1) is 0 Å². The van der Waals surface area contributed by atoms with E-state index in [0.29, 0.717) is 5.02 Å². The summed E-state index contributed by atoms with van der Waals surface area (Å²) in [5, 5.41) is 2.80. The van der Waals surface area contributed by atoms with Gasteiger partial charge in [-0.2, -0.15) is 0 Å². The van der Waals surface area contributed by atoms with Gasteiger partial charge in [-0.25, -0.2) is 9.59 Å². The van der Waals surface area contributed by atoms with E-state index in [2.05, 4.69) is 10.1 Å². The monoisotopic (exact) mass is 283 g/mol. The molecule has 1 aromatic rings. The molecule has 1 fully saturated rings. The van der Waals surface area contributed by atoms with E-state index in [1.54, 1.807) is 24.3 Å². The molecule has 0 aromatic heterocycles. The predicted octanol–water partition coefficient (Wildman–Crippen LogP) is 1.41. The third-order valence-electron chi connectivity index (χ3n) is 2.45. The summed E-state index contributed by atoms with van der Waals surface area (Å²) in [5.74, 6) is -1.37. The van der Waals surface area contributed by atoms with Crippen LogP contribution in [0.4, 0.5) is 4.79 Å². The Hall–Kier alpha value is -2.08. The molecule has 6 nitrogen and oxygen atoms in total. The zero-order valence-corrected chi connectivity index (χ0v) is 10.5. The van der Waals surface area contributed by atoms with Crippen LogP contribution in [-0.4, -0.2) is 24.1 Å². The second-order valence-corrected chi connectivity index (χ2v) is 4.33. The average molecular weight is 284 g/mol. The number of cyclic esters (lactones) is 2. The van der Waals surface area contributed by atoms with Crippen LogP contribution in [0.2, 0.25) is 5.02 Å². The van der Waals surface area contributed by atoms with Gasteiger partial charge in [0.05, 0.1) is 6.42 Å². The lowest BCUT2D eigenvalue weighted by molar-refractivity contribution is -0.148. The van der Waals surface area contributed by atoms with Crippen molar-refractivity contribution in [2.75, 3.05) is 0 Å². The van der Waals surface area contributed by atoms with Crippen molar-refractivity contribution in [3.8, 4) is 0 Å². The zero-order chi connectivity index (χ0) is 13.8. The molecule has 0 aliphatic carbocycles. The predicted molar refractivity (Wildman–Crippen MR) is 64.3 cm³/mol. The van der Waals surface area contributed by atoms with Gasteiger partial charge in [-0.05, 0) is 17.7 Å². The number of hydrogen-bond donors (Lipinski definition) is 1. The third kappa shape index (κ3) is 3.69. The number of ether oxygens (including phenoxy) is 2. The van der Waals surface area contributed by atoms with Crippen molar-refractivity contribution >= 4 is 29.6 Å². The van der Waals surface area contributed by atoms with Crippen LogP contribution in [0.1, 0.15) is 12.0 Å². The van der Waals surface area contributed by atoms with Crippen molar-refractivity contribution < 1.29 is 23.9 Å². The molecular weight excluding hydrogens is 274 g/mol. The van der Waals surface area contributed by atoms with Gasteiger partial charge in [0.15, 0.2) is 0 Å². The minimum absolute atomic E-state index is 0.0751. The largest absolute Gasteiger partial charge is 0.461 e. The van der Waals surface area contributed by atoms with E-state index < -0.39 is 24.1 Å². The van der Waals surface area contributed by atoms with E-state index in [1.165, 1.54) is 0 Å². The fourth-order valence-corrected chi connectivity index (χ4v) is 1.62. The number of alkyl carbamates (subject to hydrolysis) is 1. The minimum atomic E-state index is -0.967. The van der Waals surface area contributed by atoms with Crippen LogP contribution in [0.3, 0.4) is 0 Å². The van der Waals surface area contributed by atoms with E-state index in [9.17, 15) is 14.4 Å². The molecule has 1 heterocycles. The number of carbonyl (C=O) groups excluding carboxylic acids is 3. The van der Waals surface area contributed by atoms with Crippen molar-refractivity contribution in [3.63, 3.8) is 0 Å². The molecule has 0 bridgehead atoms. The van der Waals surface area contributed by atoms with Gasteiger partial charge in [0.25, 0.3) is 0 Å². The Labute approximate surface area is 113 Å². The molecule has 1 aromatic carbocycles. The Morgan fingerprint density at radius 1 is 1.32 bits per heavy atom. The Bertz CT molecular complexity index is 513. The highest BCUT2D eigenvalue weighted by Crippen LogP contribution is 2.11. The second kappa shape index (κ2) is 5.71. The Morgan fingerprint density at radius 3 is 2.58 bits per heavy atom. The van der Waals surface area contributed by atoms with E-state index in [0.717, 1.165) is 5.56 Å². The number of hydrogen-bond acceptors (Lipinski definition) is 5. The molecule has 1 atom stereocenters. The van der Waals surface area contributed by atoms with Crippen molar-refractivity contribution in [1.82, 2.24) is 5.32 Å². The molecule has 1 saturated heterocycles. The molecule has 19 heavy (non-hydrogen) atoms. The Balaban J connectivity index is 1.80. The van der Waals surface area contributed by atoms with Gasteiger partial charge < -0.3 is 14.8 Å². The van der Waals surface area contributed by atoms with Crippen molar-refractivity contribution in [3.05, 3.63) is 34.9 Å². The first-order valence-electron chi connectivity index (χ1n) is 5.47. The van der Waals surface area contributed by atoms with Crippen molar-refractivity contribution in [2.45, 2.75) is 19.1 Å². The number of carbonyl (C=O) groups is 3. The molecule has 100 valence electrons. The summed E-state index contributed by atoms with van der Waals surface area (Å²) in [4.78, 5) is 33.3.